The number of aryl methyl sites for hydroxylation is 1. The molecule has 0 amide bonds. The predicted octanol–water partition coefficient (Wildman–Crippen LogP) is 1.36. The third-order valence-corrected chi connectivity index (χ3v) is 1.57. The molecule has 0 bridgehead atoms. The molecule has 2 nitrogen and oxygen atoms in total. The molecule has 1 aromatic heterocycles. The average Bonchev–Trinajstić information content (AvgIpc) is 2.15. The zero-order chi connectivity index (χ0) is 6.85. The van der Waals surface area contributed by atoms with Crippen LogP contribution in [-0.4, -0.2) is 0 Å². The van der Waals surface area contributed by atoms with Crippen molar-refractivity contribution in [2.24, 2.45) is 5.73 Å². The van der Waals surface area contributed by atoms with Crippen LogP contribution in [0.2, 0.25) is 0 Å². The maximum atomic E-state index is 5.37. The Bertz CT molecular complexity index is 203. The second kappa shape index (κ2) is 2.23. The molecule has 0 atom stereocenters. The van der Waals surface area contributed by atoms with E-state index < -0.39 is 0 Å². The summed E-state index contributed by atoms with van der Waals surface area (Å²) in [6.45, 7) is 4.53. The summed E-state index contributed by atoms with van der Waals surface area (Å²) in [5, 5.41) is 0. The molecule has 0 aliphatic heterocycles. The van der Waals surface area contributed by atoms with Crippen LogP contribution in [0.15, 0.2) is 10.7 Å². The van der Waals surface area contributed by atoms with Gasteiger partial charge >= 0.3 is 0 Å². The van der Waals surface area contributed by atoms with Gasteiger partial charge in [-0.1, -0.05) is 0 Å². The summed E-state index contributed by atoms with van der Waals surface area (Å²) in [5.74, 6) is 0.896. The Balaban J connectivity index is 3.04. The van der Waals surface area contributed by atoms with Crippen LogP contribution in [0.3, 0.4) is 0 Å². The highest BCUT2D eigenvalue weighted by molar-refractivity contribution is 5.24. The lowest BCUT2D eigenvalue weighted by atomic mass is 10.2. The van der Waals surface area contributed by atoms with Crippen molar-refractivity contribution in [1.29, 1.82) is 0 Å². The molecule has 2 N–H and O–H groups in total. The van der Waals surface area contributed by atoms with E-state index >= 15 is 0 Å². The van der Waals surface area contributed by atoms with E-state index in [1.54, 1.807) is 6.26 Å². The van der Waals surface area contributed by atoms with E-state index in [0.29, 0.717) is 6.54 Å². The van der Waals surface area contributed by atoms with E-state index in [-0.39, 0.29) is 0 Å². The highest BCUT2D eigenvalue weighted by Crippen LogP contribution is 2.13. The Morgan fingerprint density at radius 3 is 2.44 bits per heavy atom. The van der Waals surface area contributed by atoms with Gasteiger partial charge < -0.3 is 10.2 Å². The maximum Gasteiger partial charge on any atom is 0.120 e. The van der Waals surface area contributed by atoms with Crippen LogP contribution in [0.5, 0.6) is 0 Å². The van der Waals surface area contributed by atoms with E-state index in [9.17, 15) is 0 Å². The Kier molecular flexibility index (Phi) is 1.58. The normalized spacial score (nSPS) is 10.1. The molecule has 1 heterocycles. The molecule has 0 saturated heterocycles. The summed E-state index contributed by atoms with van der Waals surface area (Å²) < 4.78 is 5.12. The van der Waals surface area contributed by atoms with Crippen molar-refractivity contribution in [2.45, 2.75) is 20.4 Å². The molecule has 0 spiro atoms. The summed E-state index contributed by atoms with van der Waals surface area (Å²) in [5.41, 5.74) is 7.72. The molecule has 0 fully saturated rings. The molecular formula is C7H11NO. The second-order valence-corrected chi connectivity index (χ2v) is 2.17. The van der Waals surface area contributed by atoms with E-state index in [0.717, 1.165) is 5.76 Å². The Hall–Kier alpha value is -0.760. The monoisotopic (exact) mass is 125 g/mol. The first-order valence-electron chi connectivity index (χ1n) is 2.99. The maximum absolute atomic E-state index is 5.37. The van der Waals surface area contributed by atoms with Gasteiger partial charge in [0, 0.05) is 0 Å². The Morgan fingerprint density at radius 2 is 2.22 bits per heavy atom. The highest BCUT2D eigenvalue weighted by atomic mass is 16.3. The first kappa shape index (κ1) is 6.36. The average molecular weight is 125 g/mol. The molecule has 9 heavy (non-hydrogen) atoms. The van der Waals surface area contributed by atoms with Gasteiger partial charge in [0.2, 0.25) is 0 Å². The largest absolute Gasteiger partial charge is 0.467 e. The third-order valence-electron chi connectivity index (χ3n) is 1.57. The van der Waals surface area contributed by atoms with Crippen LogP contribution in [0.4, 0.5) is 0 Å². The van der Waals surface area contributed by atoms with Crippen LogP contribution < -0.4 is 5.73 Å². The van der Waals surface area contributed by atoms with E-state index in [4.69, 9.17) is 10.2 Å². The van der Waals surface area contributed by atoms with E-state index in [1.807, 2.05) is 13.8 Å². The van der Waals surface area contributed by atoms with E-state index in [2.05, 4.69) is 0 Å². The van der Waals surface area contributed by atoms with Gasteiger partial charge in [-0.15, -0.1) is 0 Å². The van der Waals surface area contributed by atoms with Gasteiger partial charge in [0.05, 0.1) is 12.8 Å². The minimum atomic E-state index is 0.500. The molecule has 0 aromatic carbocycles. The molecule has 50 valence electrons. The SMILES string of the molecule is Cc1coc(CN)c1C. The van der Waals surface area contributed by atoms with Crippen LogP contribution in [-0.2, 0) is 6.54 Å². The zero-order valence-electron chi connectivity index (χ0n) is 5.77. The first-order chi connectivity index (χ1) is 4.25. The van der Waals surface area contributed by atoms with Crippen molar-refractivity contribution in [3.63, 3.8) is 0 Å². The highest BCUT2D eigenvalue weighted by Gasteiger charge is 2.01. The lowest BCUT2D eigenvalue weighted by Gasteiger charge is -1.89. The van der Waals surface area contributed by atoms with Crippen molar-refractivity contribution in [3.05, 3.63) is 23.2 Å². The molecule has 1 rings (SSSR count). The number of rotatable bonds is 1. The molecule has 0 aliphatic rings. The fraction of sp³-hybridized carbons (Fsp3) is 0.429. The number of hydrogen-bond acceptors (Lipinski definition) is 2. The fourth-order valence-electron chi connectivity index (χ4n) is 0.757. The van der Waals surface area contributed by atoms with Crippen molar-refractivity contribution in [2.75, 3.05) is 0 Å². The lowest BCUT2D eigenvalue weighted by molar-refractivity contribution is 0.508. The summed E-state index contributed by atoms with van der Waals surface area (Å²) in [6, 6.07) is 0. The summed E-state index contributed by atoms with van der Waals surface area (Å²) in [4.78, 5) is 0. The van der Waals surface area contributed by atoms with Gasteiger partial charge in [0.1, 0.15) is 5.76 Å². The predicted molar refractivity (Wildman–Crippen MR) is 36.1 cm³/mol. The van der Waals surface area contributed by atoms with Crippen LogP contribution >= 0.6 is 0 Å². The Labute approximate surface area is 54.7 Å². The standard InChI is InChI=1S/C7H11NO/c1-5-4-9-7(3-8)6(5)2/h4H,3,8H2,1-2H3. The van der Waals surface area contributed by atoms with Gasteiger partial charge in [-0.05, 0) is 25.0 Å². The summed E-state index contributed by atoms with van der Waals surface area (Å²) in [7, 11) is 0. The molecule has 2 heteroatoms. The third kappa shape index (κ3) is 0.980. The van der Waals surface area contributed by atoms with Gasteiger partial charge in [-0.2, -0.15) is 0 Å². The number of furan rings is 1. The van der Waals surface area contributed by atoms with Gasteiger partial charge in [0.25, 0.3) is 0 Å². The molecule has 0 aliphatic carbocycles. The second-order valence-electron chi connectivity index (χ2n) is 2.17. The lowest BCUT2D eigenvalue weighted by Crippen LogP contribution is -1.95. The molecule has 0 radical (unpaired) electrons. The van der Waals surface area contributed by atoms with Crippen LogP contribution in [0, 0.1) is 13.8 Å². The van der Waals surface area contributed by atoms with Crippen LogP contribution in [0.1, 0.15) is 16.9 Å². The minimum Gasteiger partial charge on any atom is -0.467 e. The summed E-state index contributed by atoms with van der Waals surface area (Å²) in [6.07, 6.45) is 1.73. The minimum absolute atomic E-state index is 0.500. The van der Waals surface area contributed by atoms with Gasteiger partial charge in [-0.25, -0.2) is 0 Å². The first-order valence-corrected chi connectivity index (χ1v) is 2.99. The van der Waals surface area contributed by atoms with Gasteiger partial charge in [0.15, 0.2) is 0 Å². The Morgan fingerprint density at radius 1 is 1.56 bits per heavy atom. The van der Waals surface area contributed by atoms with E-state index in [1.165, 1.54) is 11.1 Å². The molecule has 1 aromatic rings. The molecular weight excluding hydrogens is 114 g/mol. The fourth-order valence-corrected chi connectivity index (χ4v) is 0.757. The number of hydrogen-bond donors (Lipinski definition) is 1. The summed E-state index contributed by atoms with van der Waals surface area (Å²) >= 11 is 0. The quantitative estimate of drug-likeness (QED) is 0.615. The molecule has 0 saturated carbocycles. The molecule has 0 unspecified atom stereocenters. The van der Waals surface area contributed by atoms with Crippen molar-refractivity contribution >= 4 is 0 Å². The zero-order valence-corrected chi connectivity index (χ0v) is 5.77. The van der Waals surface area contributed by atoms with Gasteiger partial charge in [-0.3, -0.25) is 0 Å². The van der Waals surface area contributed by atoms with Crippen molar-refractivity contribution in [3.8, 4) is 0 Å². The van der Waals surface area contributed by atoms with Crippen molar-refractivity contribution < 1.29 is 4.42 Å². The smallest absolute Gasteiger partial charge is 0.120 e. The topological polar surface area (TPSA) is 39.2 Å². The van der Waals surface area contributed by atoms with Crippen molar-refractivity contribution in [1.82, 2.24) is 0 Å². The number of nitrogens with two attached hydrogens (primary N) is 1. The van der Waals surface area contributed by atoms with Crippen LogP contribution in [0.25, 0.3) is 0 Å².